The number of hydrogen-bond donors (Lipinski definition) is 8. The highest BCUT2D eigenvalue weighted by molar-refractivity contribution is 7.51. The first kappa shape index (κ1) is 67.0. The van der Waals surface area contributed by atoms with Gasteiger partial charge in [0.25, 0.3) is 0 Å². The summed E-state index contributed by atoms with van der Waals surface area (Å²) in [5.74, 6) is -6.51. The highest BCUT2D eigenvalue weighted by atomic mass is 35.5. The minimum Gasteiger partial charge on any atom is -0.481 e. The van der Waals surface area contributed by atoms with Crippen molar-refractivity contribution in [1.82, 2.24) is 0 Å². The molecule has 20 heteroatoms. The van der Waals surface area contributed by atoms with Gasteiger partial charge in [0.05, 0.1) is 29.0 Å². The average Bonchev–Trinajstić information content (AvgIpc) is 3.81. The summed E-state index contributed by atoms with van der Waals surface area (Å²) in [5.41, 5.74) is 2.80. The number of carbonyl (C=O) groups is 6. The summed E-state index contributed by atoms with van der Waals surface area (Å²) in [6.45, 7) is 8.00. The lowest BCUT2D eigenvalue weighted by molar-refractivity contribution is -0.141. The molecule has 1 aliphatic carbocycles. The number of nitrogens with zero attached hydrogens (tertiary/aromatic N) is 1. The van der Waals surface area contributed by atoms with E-state index in [0.29, 0.717) is 24.0 Å². The summed E-state index contributed by atoms with van der Waals surface area (Å²) in [6.07, 6.45) is 17.8. The van der Waals surface area contributed by atoms with Crippen molar-refractivity contribution in [3.63, 3.8) is 0 Å². The van der Waals surface area contributed by atoms with Gasteiger partial charge >= 0.3 is 43.4 Å². The third-order valence-corrected chi connectivity index (χ3v) is 12.3. The molecule has 0 bridgehead atoms. The first-order valence-corrected chi connectivity index (χ1v) is 26.4. The second kappa shape index (κ2) is 38.6. The Kier molecular flexibility index (Phi) is 36.9. The van der Waals surface area contributed by atoms with Gasteiger partial charge in [-0.05, 0) is 75.3 Å². The fraction of sp³-hybridized carbons (Fsp3) is 0.520. The van der Waals surface area contributed by atoms with Crippen LogP contribution in [0.1, 0.15) is 173 Å². The van der Waals surface area contributed by atoms with Crippen LogP contribution in [-0.2, 0) is 25.4 Å². The summed E-state index contributed by atoms with van der Waals surface area (Å²) < 4.78 is 23.3. The molecule has 70 heavy (non-hydrogen) atoms. The Morgan fingerprint density at radius 3 is 1.67 bits per heavy atom. The number of halogens is 2. The first-order valence-electron chi connectivity index (χ1n) is 23.2. The van der Waals surface area contributed by atoms with Crippen LogP contribution in [0.2, 0.25) is 5.02 Å². The molecule has 394 valence electrons. The number of thiophene rings is 1. The predicted octanol–water partition coefficient (Wildman–Crippen LogP) is 12.6. The molecule has 1 atom stereocenters. The number of aliphatic carboxylic acids is 3. The Labute approximate surface area is 420 Å². The van der Waals surface area contributed by atoms with E-state index in [4.69, 9.17) is 52.0 Å². The molecule has 2 aromatic carbocycles. The summed E-state index contributed by atoms with van der Waals surface area (Å²) >= 11 is 6.63. The van der Waals surface area contributed by atoms with E-state index < -0.39 is 49.2 Å². The Balaban J connectivity index is 0. The molecule has 1 aliphatic rings. The highest BCUT2D eigenvalue weighted by Gasteiger charge is 2.17. The highest BCUT2D eigenvalue weighted by Crippen LogP contribution is 2.35. The smallest absolute Gasteiger partial charge is 0.337 e. The maximum absolute atomic E-state index is 12.9. The van der Waals surface area contributed by atoms with Crippen molar-refractivity contribution in [2.75, 3.05) is 25.2 Å². The Hall–Kier alpha value is -5.13. The van der Waals surface area contributed by atoms with E-state index in [9.17, 15) is 37.7 Å². The largest absolute Gasteiger partial charge is 0.481 e. The van der Waals surface area contributed by atoms with Gasteiger partial charge < -0.3 is 45.3 Å². The van der Waals surface area contributed by atoms with Crippen molar-refractivity contribution in [2.45, 2.75) is 143 Å². The van der Waals surface area contributed by atoms with Crippen LogP contribution in [0.3, 0.4) is 0 Å². The molecule has 1 aromatic heterocycles. The van der Waals surface area contributed by atoms with Gasteiger partial charge in [-0.15, -0.1) is 0 Å². The number of carboxylic acid groups (broad SMARTS) is 6. The van der Waals surface area contributed by atoms with Gasteiger partial charge in [-0.2, -0.15) is 11.3 Å². The van der Waals surface area contributed by atoms with Crippen molar-refractivity contribution < 1.29 is 78.1 Å². The minimum absolute atomic E-state index is 0.0340. The third kappa shape index (κ3) is 32.6. The van der Waals surface area contributed by atoms with Crippen LogP contribution in [0.5, 0.6) is 0 Å². The molecule has 0 saturated heterocycles. The van der Waals surface area contributed by atoms with Crippen molar-refractivity contribution in [2.24, 2.45) is 5.92 Å². The molecule has 3 aromatic rings. The van der Waals surface area contributed by atoms with E-state index >= 15 is 0 Å². The molecule has 4 rings (SSSR count). The third-order valence-electron chi connectivity index (χ3n) is 10.3. The van der Waals surface area contributed by atoms with Crippen LogP contribution >= 0.6 is 30.5 Å². The lowest BCUT2D eigenvalue weighted by atomic mass is 9.90. The van der Waals surface area contributed by atoms with E-state index in [1.54, 1.807) is 25.1 Å². The number of hydrogen-bond acceptors (Lipinski definition) is 9. The van der Waals surface area contributed by atoms with Crippen molar-refractivity contribution >= 4 is 72.0 Å². The minimum atomic E-state index is -3.72. The molecule has 1 saturated carbocycles. The first-order chi connectivity index (χ1) is 32.8. The van der Waals surface area contributed by atoms with Crippen molar-refractivity contribution in [3.8, 4) is 0 Å². The van der Waals surface area contributed by atoms with Gasteiger partial charge in [-0.25, -0.2) is 23.6 Å². The molecule has 1 unspecified atom stereocenters. The molecule has 16 nitrogen and oxygen atoms in total. The number of rotatable bonds is 21. The predicted molar refractivity (Wildman–Crippen MR) is 273 cm³/mol. The van der Waals surface area contributed by atoms with Crippen LogP contribution in [0.4, 0.5) is 10.1 Å². The number of carboxylic acids is 6. The van der Waals surface area contributed by atoms with Crippen LogP contribution in [0, 0.1) is 11.7 Å². The van der Waals surface area contributed by atoms with Crippen LogP contribution in [-0.4, -0.2) is 96.5 Å². The molecule has 0 aliphatic heterocycles. The molecule has 0 spiro atoms. The number of aromatic carboxylic acids is 3. The maximum atomic E-state index is 12.9. The van der Waals surface area contributed by atoms with E-state index in [1.165, 1.54) is 92.3 Å². The zero-order valence-electron chi connectivity index (χ0n) is 41.2. The van der Waals surface area contributed by atoms with E-state index in [1.807, 2.05) is 32.0 Å². The molecule has 1 fully saturated rings. The molecule has 1 heterocycles. The standard InChI is InChI=1S/C10H16O2.C9H11NO2.C9H18O2.C8H6ClFO2.C8H19O3P.C6H4O4S/c1-2-9(10(11)12)8-6-4-3-5-7-8;1-10(2)8-5-3-4-7(6-8)9(11)12;1-3-4-5-6-7-8(2)9(10)11;9-6-2-1-3-7(10)5(6)4-8(11)12;1-2-3-4-5-6-7-8-12(9,10)11;7-5(8)3-1-11-2-4(3)6(9)10/h2-7H2,1H3,(H,11,12);3-6H,1-2H3,(H,11,12);8H,3-7H2,1-2H3,(H,10,11);1-3H,4H2,(H,11,12);2-8H2,1H3,(H2,9,10,11);1-2H,(H,7,8)(H,9,10). The molecule has 0 radical (unpaired) electrons. The fourth-order valence-electron chi connectivity index (χ4n) is 6.33. The van der Waals surface area contributed by atoms with E-state index in [-0.39, 0.29) is 40.2 Å². The Morgan fingerprint density at radius 2 is 1.24 bits per heavy atom. The fourth-order valence-corrected chi connectivity index (χ4v) is 7.99. The van der Waals surface area contributed by atoms with Gasteiger partial charge in [0, 0.05) is 52.9 Å². The summed E-state index contributed by atoms with van der Waals surface area (Å²) in [6, 6.07) is 10.9. The Bertz CT molecular complexity index is 2070. The second-order valence-electron chi connectivity index (χ2n) is 16.4. The van der Waals surface area contributed by atoms with Crippen LogP contribution in [0.25, 0.3) is 0 Å². The average molecular weight is 1050 g/mol. The molecular weight excluding hydrogens is 972 g/mol. The topological polar surface area (TPSA) is 285 Å². The van der Waals surface area contributed by atoms with Gasteiger partial charge in [0.1, 0.15) is 5.82 Å². The molecular formula is C50H74ClFNO15PS. The monoisotopic (exact) mass is 1050 g/mol. The van der Waals surface area contributed by atoms with Gasteiger partial charge in [-0.3, -0.25) is 14.2 Å². The maximum Gasteiger partial charge on any atom is 0.337 e. The quantitative estimate of drug-likeness (QED) is 0.0280. The summed E-state index contributed by atoms with van der Waals surface area (Å²) in [4.78, 5) is 81.5. The second-order valence-corrected chi connectivity index (χ2v) is 19.3. The number of anilines is 1. The summed E-state index contributed by atoms with van der Waals surface area (Å²) in [5, 5.41) is 54.1. The van der Waals surface area contributed by atoms with Gasteiger partial charge in [0.15, 0.2) is 0 Å². The van der Waals surface area contributed by atoms with E-state index in [2.05, 4.69) is 13.8 Å². The van der Waals surface area contributed by atoms with Gasteiger partial charge in [-0.1, -0.05) is 121 Å². The number of allylic oxidation sites excluding steroid dienone is 1. The molecule has 8 N–H and O–H groups in total. The van der Waals surface area contributed by atoms with Crippen LogP contribution < -0.4 is 4.90 Å². The van der Waals surface area contributed by atoms with Crippen molar-refractivity contribution in [3.05, 3.63) is 97.5 Å². The van der Waals surface area contributed by atoms with Crippen molar-refractivity contribution in [1.29, 1.82) is 0 Å². The zero-order chi connectivity index (χ0) is 53.8. The lowest BCUT2D eigenvalue weighted by Gasteiger charge is -2.16. The zero-order valence-corrected chi connectivity index (χ0v) is 43.7. The molecule has 0 amide bonds. The van der Waals surface area contributed by atoms with Gasteiger partial charge in [0.2, 0.25) is 0 Å². The van der Waals surface area contributed by atoms with E-state index in [0.717, 1.165) is 55.5 Å². The normalized spacial score (nSPS) is 11.9. The lowest BCUT2D eigenvalue weighted by Crippen LogP contribution is -2.09. The Morgan fingerprint density at radius 1 is 0.729 bits per heavy atom. The number of unbranched alkanes of at least 4 members (excludes halogenated alkanes) is 8. The summed E-state index contributed by atoms with van der Waals surface area (Å²) in [7, 11) is 0.0306. The van der Waals surface area contributed by atoms with Crippen LogP contribution in [0.15, 0.2) is 64.4 Å². The number of benzene rings is 2. The SMILES string of the molecule is CCC(C(=O)O)=C1CCCCC1.CCCCCCC(C)C(=O)O.CCCCCCCCP(=O)(O)O.CN(C)c1cccc(C(=O)O)c1.O=C(O)Cc1c(F)cccc1Cl.O=C(O)c1cscc1C(=O)O.